The van der Waals surface area contributed by atoms with Crippen molar-refractivity contribution < 1.29 is 9.59 Å². The minimum Gasteiger partial charge on any atom is -0.365 e. The molecule has 1 amide bonds. The van der Waals surface area contributed by atoms with Gasteiger partial charge in [-0.1, -0.05) is 29.8 Å². The summed E-state index contributed by atoms with van der Waals surface area (Å²) < 4.78 is 1.26. The van der Waals surface area contributed by atoms with E-state index in [0.717, 1.165) is 16.9 Å². The van der Waals surface area contributed by atoms with Crippen molar-refractivity contribution in [2.75, 3.05) is 0 Å². The van der Waals surface area contributed by atoms with Gasteiger partial charge in [-0.15, -0.1) is 11.3 Å². The molecule has 0 unspecified atom stereocenters. The summed E-state index contributed by atoms with van der Waals surface area (Å²) in [6.07, 6.45) is 1.33. The molecule has 0 saturated heterocycles. The molecule has 6 nitrogen and oxygen atoms in total. The number of fused-ring (bicyclic) bond motifs is 1. The molecule has 0 spiro atoms. The highest BCUT2D eigenvalue weighted by molar-refractivity contribution is 7.20. The number of amides is 1. The van der Waals surface area contributed by atoms with E-state index in [9.17, 15) is 14.4 Å². The highest BCUT2D eigenvalue weighted by Gasteiger charge is 2.18. The van der Waals surface area contributed by atoms with Gasteiger partial charge in [0, 0.05) is 5.56 Å². The third-order valence-electron chi connectivity index (χ3n) is 3.83. The number of aromatic nitrogens is 2. The van der Waals surface area contributed by atoms with Crippen molar-refractivity contribution in [3.05, 3.63) is 62.5 Å². The van der Waals surface area contributed by atoms with Crippen LogP contribution in [0.1, 0.15) is 31.2 Å². The largest absolute Gasteiger partial charge is 0.365 e. The Morgan fingerprint density at radius 1 is 1.21 bits per heavy atom. The fraction of sp³-hybridized carbons (Fsp3) is 0.176. The number of primary amides is 1. The zero-order chi connectivity index (χ0) is 17.4. The van der Waals surface area contributed by atoms with E-state index in [1.54, 1.807) is 19.1 Å². The fourth-order valence-corrected chi connectivity index (χ4v) is 3.48. The van der Waals surface area contributed by atoms with Gasteiger partial charge in [0.15, 0.2) is 5.78 Å². The number of benzene rings is 1. The molecule has 122 valence electrons. The van der Waals surface area contributed by atoms with Crippen molar-refractivity contribution in [3.63, 3.8) is 0 Å². The van der Waals surface area contributed by atoms with E-state index in [2.05, 4.69) is 4.98 Å². The Bertz CT molecular complexity index is 1020. The van der Waals surface area contributed by atoms with Gasteiger partial charge in [-0.25, -0.2) is 4.98 Å². The van der Waals surface area contributed by atoms with Gasteiger partial charge in [-0.2, -0.15) is 0 Å². The van der Waals surface area contributed by atoms with Crippen molar-refractivity contribution >= 4 is 33.2 Å². The SMILES string of the molecule is Cc1ccc(C(=O)Cn2cnc3sc(C(N)=O)c(C)c3c2=O)cc1. The molecule has 0 saturated carbocycles. The first kappa shape index (κ1) is 16.1. The molecule has 1 aromatic carbocycles. The molecule has 0 bridgehead atoms. The lowest BCUT2D eigenvalue weighted by Crippen LogP contribution is -2.24. The Balaban J connectivity index is 2.01. The van der Waals surface area contributed by atoms with Crippen molar-refractivity contribution in [1.29, 1.82) is 0 Å². The Hall–Kier alpha value is -2.80. The lowest BCUT2D eigenvalue weighted by atomic mass is 10.1. The molecule has 2 heterocycles. The first-order chi connectivity index (χ1) is 11.4. The molecular formula is C17H15N3O3S. The highest BCUT2D eigenvalue weighted by Crippen LogP contribution is 2.26. The fourth-order valence-electron chi connectivity index (χ4n) is 2.49. The first-order valence-electron chi connectivity index (χ1n) is 7.26. The van der Waals surface area contributed by atoms with E-state index in [-0.39, 0.29) is 17.9 Å². The second-order valence-electron chi connectivity index (χ2n) is 5.57. The number of carbonyl (C=O) groups is 2. The summed E-state index contributed by atoms with van der Waals surface area (Å²) in [5, 5.41) is 0.341. The Morgan fingerprint density at radius 3 is 2.50 bits per heavy atom. The second kappa shape index (κ2) is 6.01. The predicted molar refractivity (Wildman–Crippen MR) is 92.6 cm³/mol. The molecular weight excluding hydrogens is 326 g/mol. The minimum atomic E-state index is -0.586. The number of carbonyl (C=O) groups excluding carboxylic acids is 2. The maximum Gasteiger partial charge on any atom is 0.262 e. The molecule has 3 rings (SSSR count). The number of thiophene rings is 1. The molecule has 0 fully saturated rings. The molecule has 0 radical (unpaired) electrons. The summed E-state index contributed by atoms with van der Waals surface area (Å²) in [5.74, 6) is -0.765. The topological polar surface area (TPSA) is 95.0 Å². The number of nitrogens with two attached hydrogens (primary N) is 1. The molecule has 7 heteroatoms. The third-order valence-corrected chi connectivity index (χ3v) is 5.04. The first-order valence-corrected chi connectivity index (χ1v) is 8.08. The summed E-state index contributed by atoms with van der Waals surface area (Å²) >= 11 is 1.09. The average Bonchev–Trinajstić information content (AvgIpc) is 2.88. The van der Waals surface area contributed by atoms with Crippen molar-refractivity contribution in [1.82, 2.24) is 9.55 Å². The van der Waals surface area contributed by atoms with E-state index in [0.29, 0.717) is 26.2 Å². The van der Waals surface area contributed by atoms with Crippen LogP contribution in [0.5, 0.6) is 0 Å². The number of Topliss-reactive ketones (excluding diaryl/α,β-unsaturated/α-hetero) is 1. The van der Waals surface area contributed by atoms with E-state index in [1.165, 1.54) is 10.9 Å². The molecule has 0 aliphatic carbocycles. The van der Waals surface area contributed by atoms with E-state index in [1.807, 2.05) is 19.1 Å². The van der Waals surface area contributed by atoms with Gasteiger partial charge < -0.3 is 5.73 Å². The van der Waals surface area contributed by atoms with Crippen LogP contribution in [0.2, 0.25) is 0 Å². The molecule has 0 aliphatic heterocycles. The Kier molecular flexibility index (Phi) is 4.02. The van der Waals surface area contributed by atoms with Gasteiger partial charge in [0.25, 0.3) is 11.5 Å². The van der Waals surface area contributed by atoms with Gasteiger partial charge in [0.05, 0.1) is 23.1 Å². The normalized spacial score (nSPS) is 10.9. The third kappa shape index (κ3) is 2.74. The van der Waals surface area contributed by atoms with Gasteiger partial charge in [0.1, 0.15) is 4.83 Å². The Morgan fingerprint density at radius 2 is 1.88 bits per heavy atom. The summed E-state index contributed by atoms with van der Waals surface area (Å²) in [5.41, 5.74) is 7.07. The molecule has 24 heavy (non-hydrogen) atoms. The molecule has 2 aromatic heterocycles. The van der Waals surface area contributed by atoms with Gasteiger partial charge in [-0.3, -0.25) is 19.0 Å². The van der Waals surface area contributed by atoms with Crippen LogP contribution in [0.15, 0.2) is 35.4 Å². The van der Waals surface area contributed by atoms with Crippen LogP contribution in [0, 0.1) is 13.8 Å². The second-order valence-corrected chi connectivity index (χ2v) is 6.57. The lowest BCUT2D eigenvalue weighted by Gasteiger charge is -2.05. The average molecular weight is 341 g/mol. The number of nitrogens with zero attached hydrogens (tertiary/aromatic N) is 2. The highest BCUT2D eigenvalue weighted by atomic mass is 32.1. The summed E-state index contributed by atoms with van der Waals surface area (Å²) in [6, 6.07) is 7.16. The summed E-state index contributed by atoms with van der Waals surface area (Å²) in [4.78, 5) is 41.4. The molecule has 3 aromatic rings. The van der Waals surface area contributed by atoms with Gasteiger partial charge in [-0.05, 0) is 19.4 Å². The standard InChI is InChI=1S/C17H15N3O3S/c1-9-3-5-11(6-4-9)12(21)7-20-8-19-16-13(17(20)23)10(2)14(24-16)15(18)22/h3-6,8H,7H2,1-2H3,(H2,18,22). The van der Waals surface area contributed by atoms with Crippen molar-refractivity contribution in [2.45, 2.75) is 20.4 Å². The molecule has 2 N–H and O–H groups in total. The van der Waals surface area contributed by atoms with Gasteiger partial charge in [0.2, 0.25) is 0 Å². The van der Waals surface area contributed by atoms with Crippen LogP contribution in [0.3, 0.4) is 0 Å². The lowest BCUT2D eigenvalue weighted by molar-refractivity contribution is 0.0968. The van der Waals surface area contributed by atoms with Crippen LogP contribution < -0.4 is 11.3 Å². The van der Waals surface area contributed by atoms with E-state index >= 15 is 0 Å². The van der Waals surface area contributed by atoms with Crippen LogP contribution in [-0.4, -0.2) is 21.2 Å². The number of ketones is 1. The number of hydrogen-bond acceptors (Lipinski definition) is 5. The summed E-state index contributed by atoms with van der Waals surface area (Å²) in [7, 11) is 0. The molecule has 0 aliphatic rings. The Labute approximate surface area is 141 Å². The van der Waals surface area contributed by atoms with Crippen molar-refractivity contribution in [3.8, 4) is 0 Å². The number of hydrogen-bond donors (Lipinski definition) is 1. The van der Waals surface area contributed by atoms with Crippen LogP contribution in [-0.2, 0) is 6.54 Å². The monoisotopic (exact) mass is 341 g/mol. The zero-order valence-electron chi connectivity index (χ0n) is 13.2. The van der Waals surface area contributed by atoms with E-state index in [4.69, 9.17) is 5.73 Å². The van der Waals surface area contributed by atoms with Crippen LogP contribution in [0.4, 0.5) is 0 Å². The minimum absolute atomic E-state index is 0.105. The van der Waals surface area contributed by atoms with E-state index < -0.39 is 5.91 Å². The van der Waals surface area contributed by atoms with Crippen molar-refractivity contribution in [2.24, 2.45) is 5.73 Å². The quantitative estimate of drug-likeness (QED) is 0.735. The van der Waals surface area contributed by atoms with Crippen LogP contribution in [0.25, 0.3) is 10.2 Å². The predicted octanol–water partition coefficient (Wildman–Crippen LogP) is 2.06. The smallest absolute Gasteiger partial charge is 0.262 e. The number of rotatable bonds is 4. The zero-order valence-corrected chi connectivity index (χ0v) is 14.0. The van der Waals surface area contributed by atoms with Crippen LogP contribution >= 0.6 is 11.3 Å². The van der Waals surface area contributed by atoms with Gasteiger partial charge >= 0.3 is 0 Å². The molecule has 0 atom stereocenters. The number of aryl methyl sites for hydroxylation is 2. The summed E-state index contributed by atoms with van der Waals surface area (Å²) in [6.45, 7) is 3.49. The maximum atomic E-state index is 12.6. The maximum absolute atomic E-state index is 12.6.